The second-order valence-corrected chi connectivity index (χ2v) is 6.18. The number of benzene rings is 1. The van der Waals surface area contributed by atoms with Crippen molar-refractivity contribution < 1.29 is 9.47 Å². The topological polar surface area (TPSA) is 30.5 Å². The van der Waals surface area contributed by atoms with Gasteiger partial charge in [0.25, 0.3) is 0 Å². The summed E-state index contributed by atoms with van der Waals surface area (Å²) < 4.78 is 12.3. The highest BCUT2D eigenvalue weighted by atomic mass is 16.5. The Morgan fingerprint density at radius 2 is 2.05 bits per heavy atom. The van der Waals surface area contributed by atoms with Crippen LogP contribution in [0.15, 0.2) is 24.3 Å². The molecule has 3 nitrogen and oxygen atoms in total. The van der Waals surface area contributed by atoms with Crippen LogP contribution in [0.5, 0.6) is 0 Å². The van der Waals surface area contributed by atoms with E-state index in [0.717, 1.165) is 39.0 Å². The van der Waals surface area contributed by atoms with Gasteiger partial charge in [-0.1, -0.05) is 31.2 Å². The van der Waals surface area contributed by atoms with Crippen LogP contribution in [0.4, 0.5) is 0 Å². The lowest BCUT2D eigenvalue weighted by Crippen LogP contribution is -2.28. The molecule has 1 aromatic rings. The van der Waals surface area contributed by atoms with E-state index in [1.54, 1.807) is 0 Å². The normalized spacial score (nSPS) is 28.5. The van der Waals surface area contributed by atoms with E-state index in [-0.39, 0.29) is 12.2 Å². The van der Waals surface area contributed by atoms with Gasteiger partial charge < -0.3 is 14.8 Å². The Hall–Kier alpha value is -0.900. The number of hydrogen-bond acceptors (Lipinski definition) is 3. The highest BCUT2D eigenvalue weighted by Crippen LogP contribution is 2.33. The molecule has 3 unspecified atom stereocenters. The molecule has 1 fully saturated rings. The molecule has 0 radical (unpaired) electrons. The summed E-state index contributed by atoms with van der Waals surface area (Å²) >= 11 is 0. The molecular weight excluding hydrogens is 262 g/mol. The van der Waals surface area contributed by atoms with Gasteiger partial charge in [0.05, 0.1) is 24.9 Å². The Labute approximate surface area is 128 Å². The molecule has 1 N–H and O–H groups in total. The maximum atomic E-state index is 6.20. The van der Waals surface area contributed by atoms with Crippen molar-refractivity contribution >= 4 is 0 Å². The molecule has 3 atom stereocenters. The standard InChI is InChI=1S/C18H27NO2/c1-2-19-12-15-10-11-16(21-15)13-20-18-9-5-7-14-6-3-4-8-17(14)18/h3-4,6,8,15-16,18-19H,2,5,7,9-13H2,1H3. The summed E-state index contributed by atoms with van der Waals surface area (Å²) in [6, 6.07) is 8.72. The van der Waals surface area contributed by atoms with Gasteiger partial charge >= 0.3 is 0 Å². The van der Waals surface area contributed by atoms with Gasteiger partial charge in [-0.05, 0) is 49.8 Å². The number of aryl methyl sites for hydroxylation is 1. The van der Waals surface area contributed by atoms with Crippen LogP contribution in [0.25, 0.3) is 0 Å². The van der Waals surface area contributed by atoms with Crippen molar-refractivity contribution in [2.24, 2.45) is 0 Å². The molecule has 2 aliphatic rings. The van der Waals surface area contributed by atoms with Crippen molar-refractivity contribution in [2.75, 3.05) is 19.7 Å². The number of likely N-dealkylation sites (N-methyl/N-ethyl adjacent to an activating group) is 1. The fourth-order valence-electron chi connectivity index (χ4n) is 3.46. The third-order valence-corrected chi connectivity index (χ3v) is 4.62. The Morgan fingerprint density at radius 3 is 2.95 bits per heavy atom. The summed E-state index contributed by atoms with van der Waals surface area (Å²) in [5.74, 6) is 0. The third kappa shape index (κ3) is 3.85. The first-order valence-corrected chi connectivity index (χ1v) is 8.42. The molecule has 116 valence electrons. The average molecular weight is 289 g/mol. The molecule has 1 aliphatic heterocycles. The lowest BCUT2D eigenvalue weighted by molar-refractivity contribution is -0.0461. The lowest BCUT2D eigenvalue weighted by Gasteiger charge is -2.26. The molecule has 3 rings (SSSR count). The first-order valence-electron chi connectivity index (χ1n) is 8.42. The van der Waals surface area contributed by atoms with Crippen LogP contribution in [0.3, 0.4) is 0 Å². The van der Waals surface area contributed by atoms with E-state index >= 15 is 0 Å². The molecule has 0 amide bonds. The predicted octanol–water partition coefficient (Wildman–Crippen LogP) is 3.24. The molecular formula is C18H27NO2. The largest absolute Gasteiger partial charge is 0.371 e. The van der Waals surface area contributed by atoms with E-state index in [0.29, 0.717) is 6.10 Å². The van der Waals surface area contributed by atoms with E-state index in [4.69, 9.17) is 9.47 Å². The lowest BCUT2D eigenvalue weighted by atomic mass is 9.89. The number of nitrogens with one attached hydrogen (secondary N) is 1. The molecule has 3 heteroatoms. The summed E-state index contributed by atoms with van der Waals surface area (Å²) in [4.78, 5) is 0. The van der Waals surface area contributed by atoms with Crippen LogP contribution in [0.1, 0.15) is 49.8 Å². The first-order chi connectivity index (χ1) is 10.4. The van der Waals surface area contributed by atoms with Gasteiger partial charge in [0.1, 0.15) is 0 Å². The van der Waals surface area contributed by atoms with Gasteiger partial charge in [0, 0.05) is 6.54 Å². The van der Waals surface area contributed by atoms with Gasteiger partial charge in [0.2, 0.25) is 0 Å². The molecule has 1 heterocycles. The maximum Gasteiger partial charge on any atom is 0.0829 e. The zero-order valence-electron chi connectivity index (χ0n) is 13.0. The maximum absolute atomic E-state index is 6.20. The first kappa shape index (κ1) is 15.0. The van der Waals surface area contributed by atoms with Crippen LogP contribution >= 0.6 is 0 Å². The number of ether oxygens (including phenoxy) is 2. The highest BCUT2D eigenvalue weighted by Gasteiger charge is 2.27. The summed E-state index contributed by atoms with van der Waals surface area (Å²) in [6.45, 7) is 4.86. The molecule has 21 heavy (non-hydrogen) atoms. The Balaban J connectivity index is 1.48. The summed E-state index contributed by atoms with van der Waals surface area (Å²) in [5.41, 5.74) is 2.86. The smallest absolute Gasteiger partial charge is 0.0829 e. The van der Waals surface area contributed by atoms with E-state index in [1.165, 1.54) is 24.0 Å². The van der Waals surface area contributed by atoms with Gasteiger partial charge in [0.15, 0.2) is 0 Å². The fraction of sp³-hybridized carbons (Fsp3) is 0.667. The number of rotatable bonds is 6. The summed E-state index contributed by atoms with van der Waals surface area (Å²) in [6.07, 6.45) is 6.78. The SMILES string of the molecule is CCNCC1CCC(COC2CCCc3ccccc32)O1. The molecule has 0 aromatic heterocycles. The van der Waals surface area contributed by atoms with Gasteiger partial charge in [-0.3, -0.25) is 0 Å². The van der Waals surface area contributed by atoms with Crippen molar-refractivity contribution in [3.05, 3.63) is 35.4 Å². The average Bonchev–Trinajstić information content (AvgIpc) is 2.99. The van der Waals surface area contributed by atoms with Crippen molar-refractivity contribution in [3.63, 3.8) is 0 Å². The van der Waals surface area contributed by atoms with Crippen molar-refractivity contribution in [1.82, 2.24) is 5.32 Å². The summed E-state index contributed by atoms with van der Waals surface area (Å²) in [7, 11) is 0. The molecule has 1 saturated heterocycles. The van der Waals surface area contributed by atoms with E-state index in [1.807, 2.05) is 0 Å². The van der Waals surface area contributed by atoms with Gasteiger partial charge in [-0.15, -0.1) is 0 Å². The van der Waals surface area contributed by atoms with E-state index in [2.05, 4.69) is 36.5 Å². The highest BCUT2D eigenvalue weighted by molar-refractivity contribution is 5.31. The van der Waals surface area contributed by atoms with Crippen molar-refractivity contribution in [3.8, 4) is 0 Å². The van der Waals surface area contributed by atoms with Crippen molar-refractivity contribution in [1.29, 1.82) is 0 Å². The van der Waals surface area contributed by atoms with Crippen LogP contribution in [0.2, 0.25) is 0 Å². The van der Waals surface area contributed by atoms with Crippen LogP contribution in [0, 0.1) is 0 Å². The second kappa shape index (κ2) is 7.39. The Bertz CT molecular complexity index is 449. The van der Waals surface area contributed by atoms with E-state index < -0.39 is 0 Å². The molecule has 1 aromatic carbocycles. The summed E-state index contributed by atoms with van der Waals surface area (Å²) in [5, 5.41) is 3.36. The quantitative estimate of drug-likeness (QED) is 0.872. The van der Waals surface area contributed by atoms with Gasteiger partial charge in [-0.25, -0.2) is 0 Å². The zero-order valence-corrected chi connectivity index (χ0v) is 13.0. The second-order valence-electron chi connectivity index (χ2n) is 6.18. The minimum atomic E-state index is 0.270. The third-order valence-electron chi connectivity index (χ3n) is 4.62. The molecule has 0 bridgehead atoms. The molecule has 1 aliphatic carbocycles. The fourth-order valence-corrected chi connectivity index (χ4v) is 3.46. The van der Waals surface area contributed by atoms with Gasteiger partial charge in [-0.2, -0.15) is 0 Å². The Morgan fingerprint density at radius 1 is 1.19 bits per heavy atom. The molecule has 0 saturated carbocycles. The predicted molar refractivity (Wildman–Crippen MR) is 84.5 cm³/mol. The monoisotopic (exact) mass is 289 g/mol. The minimum absolute atomic E-state index is 0.270. The number of hydrogen-bond donors (Lipinski definition) is 1. The van der Waals surface area contributed by atoms with E-state index in [9.17, 15) is 0 Å². The van der Waals surface area contributed by atoms with Crippen LogP contribution < -0.4 is 5.32 Å². The van der Waals surface area contributed by atoms with Crippen LogP contribution in [-0.4, -0.2) is 31.9 Å². The zero-order chi connectivity index (χ0) is 14.5. The number of fused-ring (bicyclic) bond motifs is 1. The minimum Gasteiger partial charge on any atom is -0.371 e. The Kier molecular flexibility index (Phi) is 5.28. The van der Waals surface area contributed by atoms with Crippen molar-refractivity contribution in [2.45, 2.75) is 57.3 Å². The van der Waals surface area contributed by atoms with Crippen LogP contribution in [-0.2, 0) is 15.9 Å². The molecule has 0 spiro atoms.